The number of nitrogens with zero attached hydrogens (tertiary/aromatic N) is 1. The van der Waals surface area contributed by atoms with Crippen LogP contribution in [0.2, 0.25) is 0 Å². The van der Waals surface area contributed by atoms with Gasteiger partial charge in [-0.1, -0.05) is 49.4 Å². The molecule has 1 N–H and O–H groups in total. The van der Waals surface area contributed by atoms with Gasteiger partial charge in [0.05, 0.1) is 11.4 Å². The van der Waals surface area contributed by atoms with Gasteiger partial charge in [-0.2, -0.15) is 0 Å². The molecule has 0 aliphatic carbocycles. The molecular formula is C19H24N2. The Morgan fingerprint density at radius 1 is 0.952 bits per heavy atom. The maximum absolute atomic E-state index is 3.65. The molecular weight excluding hydrogens is 256 g/mol. The van der Waals surface area contributed by atoms with Crippen LogP contribution < -0.4 is 10.2 Å². The van der Waals surface area contributed by atoms with Gasteiger partial charge in [0.1, 0.15) is 0 Å². The van der Waals surface area contributed by atoms with Gasteiger partial charge < -0.3 is 10.2 Å². The number of nitrogens with one attached hydrogen (secondary N) is 1. The summed E-state index contributed by atoms with van der Waals surface area (Å²) in [6.45, 7) is 5.62. The van der Waals surface area contributed by atoms with Crippen LogP contribution in [0.5, 0.6) is 0 Å². The molecule has 0 saturated carbocycles. The maximum atomic E-state index is 3.65. The Bertz CT molecular complexity index is 559. The standard InChI is InChI=1S/C19H24N2/c1-16(17-9-3-2-4-10-17)15-20-18-11-5-6-12-19(18)21-13-7-8-14-21/h2-6,9-12,16,20H,7-8,13-15H2,1H3. The molecule has 21 heavy (non-hydrogen) atoms. The van der Waals surface area contributed by atoms with Gasteiger partial charge in [-0.15, -0.1) is 0 Å². The van der Waals surface area contributed by atoms with Crippen LogP contribution in [0.4, 0.5) is 11.4 Å². The molecule has 2 aromatic rings. The predicted molar refractivity (Wildman–Crippen MR) is 91.2 cm³/mol. The summed E-state index contributed by atoms with van der Waals surface area (Å²) in [5, 5.41) is 3.65. The second kappa shape index (κ2) is 6.66. The van der Waals surface area contributed by atoms with E-state index in [0.29, 0.717) is 5.92 Å². The van der Waals surface area contributed by atoms with Crippen LogP contribution in [0.1, 0.15) is 31.2 Å². The molecule has 0 amide bonds. The molecule has 3 rings (SSSR count). The summed E-state index contributed by atoms with van der Waals surface area (Å²) in [5.74, 6) is 0.512. The number of rotatable bonds is 5. The summed E-state index contributed by atoms with van der Waals surface area (Å²) in [4.78, 5) is 2.50. The first kappa shape index (κ1) is 14.0. The first-order valence-corrected chi connectivity index (χ1v) is 7.97. The first-order chi connectivity index (χ1) is 10.3. The molecule has 1 aliphatic rings. The van der Waals surface area contributed by atoms with Crippen LogP contribution in [0.3, 0.4) is 0 Å². The average molecular weight is 280 g/mol. The van der Waals surface area contributed by atoms with Crippen molar-refractivity contribution in [2.45, 2.75) is 25.7 Å². The van der Waals surface area contributed by atoms with Crippen LogP contribution in [0, 0.1) is 0 Å². The first-order valence-electron chi connectivity index (χ1n) is 7.97. The zero-order chi connectivity index (χ0) is 14.5. The molecule has 2 aromatic carbocycles. The summed E-state index contributed by atoms with van der Waals surface area (Å²) in [6.07, 6.45) is 2.63. The summed E-state index contributed by atoms with van der Waals surface area (Å²) in [5.41, 5.74) is 4.01. The van der Waals surface area contributed by atoms with Crippen molar-refractivity contribution in [1.29, 1.82) is 0 Å². The number of hydrogen-bond donors (Lipinski definition) is 1. The predicted octanol–water partition coefficient (Wildman–Crippen LogP) is 4.50. The van der Waals surface area contributed by atoms with E-state index in [0.717, 1.165) is 6.54 Å². The van der Waals surface area contributed by atoms with E-state index in [1.165, 1.54) is 42.9 Å². The molecule has 1 heterocycles. The van der Waals surface area contributed by atoms with Crippen molar-refractivity contribution >= 4 is 11.4 Å². The largest absolute Gasteiger partial charge is 0.383 e. The van der Waals surface area contributed by atoms with Crippen molar-refractivity contribution < 1.29 is 0 Å². The van der Waals surface area contributed by atoms with Gasteiger partial charge in [0.25, 0.3) is 0 Å². The van der Waals surface area contributed by atoms with E-state index in [1.54, 1.807) is 0 Å². The molecule has 110 valence electrons. The van der Waals surface area contributed by atoms with Crippen molar-refractivity contribution in [3.05, 3.63) is 60.2 Å². The van der Waals surface area contributed by atoms with Crippen molar-refractivity contribution in [3.8, 4) is 0 Å². The highest BCUT2D eigenvalue weighted by molar-refractivity contribution is 5.70. The highest BCUT2D eigenvalue weighted by Gasteiger charge is 2.15. The van der Waals surface area contributed by atoms with E-state index >= 15 is 0 Å². The molecule has 1 fully saturated rings. The van der Waals surface area contributed by atoms with E-state index in [-0.39, 0.29) is 0 Å². The second-order valence-electron chi connectivity index (χ2n) is 5.90. The Balaban J connectivity index is 1.68. The Hall–Kier alpha value is -1.96. The lowest BCUT2D eigenvalue weighted by molar-refractivity contribution is 0.804. The molecule has 0 radical (unpaired) electrons. The fourth-order valence-corrected chi connectivity index (χ4v) is 3.02. The topological polar surface area (TPSA) is 15.3 Å². The molecule has 0 spiro atoms. The third-order valence-corrected chi connectivity index (χ3v) is 4.32. The van der Waals surface area contributed by atoms with Gasteiger partial charge in [-0.25, -0.2) is 0 Å². The average Bonchev–Trinajstić information content (AvgIpc) is 3.08. The van der Waals surface area contributed by atoms with E-state index in [1.807, 2.05) is 0 Å². The Morgan fingerprint density at radius 3 is 2.38 bits per heavy atom. The number of anilines is 2. The summed E-state index contributed by atoms with van der Waals surface area (Å²) >= 11 is 0. The minimum atomic E-state index is 0.512. The number of benzene rings is 2. The lowest BCUT2D eigenvalue weighted by Crippen LogP contribution is -2.20. The van der Waals surface area contributed by atoms with Crippen LogP contribution in [0.15, 0.2) is 54.6 Å². The minimum Gasteiger partial charge on any atom is -0.383 e. The summed E-state index contributed by atoms with van der Waals surface area (Å²) in [6, 6.07) is 19.4. The zero-order valence-corrected chi connectivity index (χ0v) is 12.8. The number of hydrogen-bond acceptors (Lipinski definition) is 2. The van der Waals surface area contributed by atoms with Crippen molar-refractivity contribution in [2.75, 3.05) is 29.9 Å². The molecule has 1 aliphatic heterocycles. The Labute approximate surface area is 127 Å². The van der Waals surface area contributed by atoms with E-state index in [2.05, 4.69) is 71.7 Å². The third-order valence-electron chi connectivity index (χ3n) is 4.32. The molecule has 0 aromatic heterocycles. The smallest absolute Gasteiger partial charge is 0.0602 e. The van der Waals surface area contributed by atoms with Crippen LogP contribution in [-0.2, 0) is 0 Å². The van der Waals surface area contributed by atoms with Gasteiger partial charge in [-0.3, -0.25) is 0 Å². The van der Waals surface area contributed by atoms with Crippen LogP contribution >= 0.6 is 0 Å². The molecule has 1 unspecified atom stereocenters. The Morgan fingerprint density at radius 2 is 1.62 bits per heavy atom. The minimum absolute atomic E-state index is 0.512. The fourth-order valence-electron chi connectivity index (χ4n) is 3.02. The van der Waals surface area contributed by atoms with Gasteiger partial charge in [0.15, 0.2) is 0 Å². The summed E-state index contributed by atoms with van der Waals surface area (Å²) in [7, 11) is 0. The van der Waals surface area contributed by atoms with E-state index < -0.39 is 0 Å². The van der Waals surface area contributed by atoms with Gasteiger partial charge >= 0.3 is 0 Å². The molecule has 1 saturated heterocycles. The van der Waals surface area contributed by atoms with Gasteiger partial charge in [0.2, 0.25) is 0 Å². The highest BCUT2D eigenvalue weighted by Crippen LogP contribution is 2.29. The fraction of sp³-hybridized carbons (Fsp3) is 0.368. The quantitative estimate of drug-likeness (QED) is 0.867. The van der Waals surface area contributed by atoms with E-state index in [9.17, 15) is 0 Å². The molecule has 0 bridgehead atoms. The molecule has 2 heteroatoms. The summed E-state index contributed by atoms with van der Waals surface area (Å²) < 4.78 is 0. The lowest BCUT2D eigenvalue weighted by atomic mass is 10.0. The highest BCUT2D eigenvalue weighted by atomic mass is 15.2. The second-order valence-corrected chi connectivity index (χ2v) is 5.90. The molecule has 1 atom stereocenters. The SMILES string of the molecule is CC(CNc1ccccc1N1CCCC1)c1ccccc1. The Kier molecular flexibility index (Phi) is 4.44. The van der Waals surface area contributed by atoms with Crippen molar-refractivity contribution in [1.82, 2.24) is 0 Å². The zero-order valence-electron chi connectivity index (χ0n) is 12.8. The number of para-hydroxylation sites is 2. The van der Waals surface area contributed by atoms with Gasteiger partial charge in [-0.05, 0) is 36.5 Å². The van der Waals surface area contributed by atoms with Crippen molar-refractivity contribution in [3.63, 3.8) is 0 Å². The van der Waals surface area contributed by atoms with Crippen LogP contribution in [0.25, 0.3) is 0 Å². The van der Waals surface area contributed by atoms with Crippen LogP contribution in [-0.4, -0.2) is 19.6 Å². The van der Waals surface area contributed by atoms with Crippen molar-refractivity contribution in [2.24, 2.45) is 0 Å². The maximum Gasteiger partial charge on any atom is 0.0602 e. The third kappa shape index (κ3) is 3.38. The van der Waals surface area contributed by atoms with Gasteiger partial charge in [0, 0.05) is 19.6 Å². The monoisotopic (exact) mass is 280 g/mol. The lowest BCUT2D eigenvalue weighted by Gasteiger charge is -2.23. The van der Waals surface area contributed by atoms with E-state index in [4.69, 9.17) is 0 Å². The normalized spacial score (nSPS) is 16.0. The molecule has 2 nitrogen and oxygen atoms in total.